The molecule has 7 nitrogen and oxygen atoms in total. The first-order chi connectivity index (χ1) is 7.66. The van der Waals surface area contributed by atoms with Crippen molar-refractivity contribution in [3.63, 3.8) is 0 Å². The average Bonchev–Trinajstić information content (AvgIpc) is 2.64. The molecule has 2 heterocycles. The summed E-state index contributed by atoms with van der Waals surface area (Å²) >= 11 is 0. The topological polar surface area (TPSA) is 97.2 Å². The normalized spacial score (nSPS) is 19.2. The summed E-state index contributed by atoms with van der Waals surface area (Å²) in [6, 6.07) is 2.74. The molecule has 0 aromatic carbocycles. The molecule has 0 bridgehead atoms. The second-order valence-electron chi connectivity index (χ2n) is 3.48. The van der Waals surface area contributed by atoms with Gasteiger partial charge in [0.25, 0.3) is 0 Å². The fraction of sp³-hybridized carbons (Fsp3) is 0.333. The minimum absolute atomic E-state index is 0.0592. The summed E-state index contributed by atoms with van der Waals surface area (Å²) < 4.78 is 0. The van der Waals surface area contributed by atoms with Crippen LogP contribution in [0.15, 0.2) is 18.3 Å². The summed E-state index contributed by atoms with van der Waals surface area (Å²) in [5.41, 5.74) is -0.0816. The van der Waals surface area contributed by atoms with Gasteiger partial charge < -0.3 is 10.6 Å². The third-order valence-electron chi connectivity index (χ3n) is 2.30. The van der Waals surface area contributed by atoms with Gasteiger partial charge in [0.05, 0.1) is 11.0 Å². The van der Waals surface area contributed by atoms with Crippen molar-refractivity contribution >= 4 is 17.4 Å². The summed E-state index contributed by atoms with van der Waals surface area (Å²) in [4.78, 5) is 25.1. The maximum absolute atomic E-state index is 11.0. The van der Waals surface area contributed by atoms with Crippen molar-refractivity contribution in [1.29, 1.82) is 0 Å². The molecule has 1 saturated heterocycles. The molecule has 7 heteroatoms. The van der Waals surface area contributed by atoms with E-state index in [0.29, 0.717) is 13.0 Å². The van der Waals surface area contributed by atoms with Crippen LogP contribution in [0.2, 0.25) is 0 Å². The van der Waals surface area contributed by atoms with Gasteiger partial charge in [-0.1, -0.05) is 0 Å². The largest absolute Gasteiger partial charge is 0.359 e. The fourth-order valence-corrected chi connectivity index (χ4v) is 1.56. The van der Waals surface area contributed by atoms with Gasteiger partial charge in [-0.05, 0) is 6.07 Å². The molecule has 1 aliphatic rings. The van der Waals surface area contributed by atoms with Crippen molar-refractivity contribution < 1.29 is 9.72 Å². The maximum Gasteiger partial charge on any atom is 0.311 e. The number of carbonyl (C=O) groups excluding carboxylic acids is 1. The van der Waals surface area contributed by atoms with E-state index < -0.39 is 4.92 Å². The number of nitro groups is 1. The predicted molar refractivity (Wildman–Crippen MR) is 55.9 cm³/mol. The molecule has 1 aliphatic heterocycles. The lowest BCUT2D eigenvalue weighted by Gasteiger charge is -2.10. The van der Waals surface area contributed by atoms with Crippen molar-refractivity contribution in [2.24, 2.45) is 0 Å². The quantitative estimate of drug-likeness (QED) is 0.566. The Balaban J connectivity index is 2.14. The lowest BCUT2D eigenvalue weighted by Crippen LogP contribution is -2.23. The van der Waals surface area contributed by atoms with Crippen LogP contribution in [0.1, 0.15) is 6.42 Å². The van der Waals surface area contributed by atoms with Crippen molar-refractivity contribution in [2.75, 3.05) is 11.9 Å². The zero-order valence-electron chi connectivity index (χ0n) is 8.34. The van der Waals surface area contributed by atoms with Gasteiger partial charge in [-0.3, -0.25) is 14.9 Å². The summed E-state index contributed by atoms with van der Waals surface area (Å²) in [6.07, 6.45) is 1.78. The summed E-state index contributed by atoms with van der Waals surface area (Å²) in [6.45, 7) is 0.465. The molecular formula is C9H10N4O3. The Kier molecular flexibility index (Phi) is 2.67. The van der Waals surface area contributed by atoms with E-state index in [4.69, 9.17) is 0 Å². The molecule has 2 rings (SSSR count). The van der Waals surface area contributed by atoms with E-state index in [-0.39, 0.29) is 23.5 Å². The van der Waals surface area contributed by atoms with E-state index in [9.17, 15) is 14.9 Å². The predicted octanol–water partition coefficient (Wildman–Crippen LogP) is 0.290. The Bertz CT molecular complexity index is 435. The number of hydrogen-bond acceptors (Lipinski definition) is 5. The maximum atomic E-state index is 11.0. The third-order valence-corrected chi connectivity index (χ3v) is 2.30. The van der Waals surface area contributed by atoms with Gasteiger partial charge in [0.2, 0.25) is 11.7 Å². The Labute approximate surface area is 91.0 Å². The summed E-state index contributed by atoms with van der Waals surface area (Å²) in [5.74, 6) is 0.144. The molecule has 1 aromatic rings. The Hall–Kier alpha value is -2.18. The smallest absolute Gasteiger partial charge is 0.311 e. The molecule has 0 aliphatic carbocycles. The van der Waals surface area contributed by atoms with Gasteiger partial charge in [0.1, 0.15) is 0 Å². The van der Waals surface area contributed by atoms with Gasteiger partial charge in [-0.2, -0.15) is 0 Å². The molecule has 16 heavy (non-hydrogen) atoms. The number of nitrogens with zero attached hydrogens (tertiary/aromatic N) is 2. The van der Waals surface area contributed by atoms with Crippen LogP contribution in [0, 0.1) is 10.1 Å². The number of amides is 1. The van der Waals surface area contributed by atoms with Crippen molar-refractivity contribution in [1.82, 2.24) is 10.3 Å². The van der Waals surface area contributed by atoms with Crippen LogP contribution in [0.5, 0.6) is 0 Å². The van der Waals surface area contributed by atoms with Crippen molar-refractivity contribution in [3.05, 3.63) is 28.4 Å². The first kappa shape index (κ1) is 10.3. The number of aromatic nitrogens is 1. The first-order valence-electron chi connectivity index (χ1n) is 4.79. The van der Waals surface area contributed by atoms with Crippen LogP contribution >= 0.6 is 0 Å². The molecule has 0 radical (unpaired) electrons. The Morgan fingerprint density at radius 1 is 1.62 bits per heavy atom. The van der Waals surface area contributed by atoms with Gasteiger partial charge in [0, 0.05) is 25.2 Å². The van der Waals surface area contributed by atoms with E-state index >= 15 is 0 Å². The molecular weight excluding hydrogens is 212 g/mol. The Morgan fingerprint density at radius 3 is 3.06 bits per heavy atom. The minimum Gasteiger partial charge on any atom is -0.359 e. The van der Waals surface area contributed by atoms with E-state index in [1.807, 2.05) is 0 Å². The van der Waals surface area contributed by atoms with Crippen LogP contribution in [-0.4, -0.2) is 28.4 Å². The standard InChI is InChI=1S/C9H10N4O3/c14-8-4-6(5-11-8)12-9-7(13(15)16)2-1-3-10-9/h1-3,6H,4-5H2,(H,10,12)(H,11,14). The SMILES string of the molecule is O=C1CC(Nc2ncccc2[N+](=O)[O-])CN1. The minimum atomic E-state index is -0.500. The average molecular weight is 222 g/mol. The molecule has 2 N–H and O–H groups in total. The lowest BCUT2D eigenvalue weighted by atomic mass is 10.2. The number of hydrogen-bond donors (Lipinski definition) is 2. The van der Waals surface area contributed by atoms with Crippen molar-refractivity contribution in [3.8, 4) is 0 Å². The summed E-state index contributed by atoms with van der Waals surface area (Å²) in [7, 11) is 0. The van der Waals surface area contributed by atoms with E-state index in [2.05, 4.69) is 15.6 Å². The molecule has 1 unspecified atom stereocenters. The van der Waals surface area contributed by atoms with E-state index in [1.165, 1.54) is 18.3 Å². The molecule has 1 atom stereocenters. The Morgan fingerprint density at radius 2 is 2.44 bits per heavy atom. The van der Waals surface area contributed by atoms with Gasteiger partial charge in [0.15, 0.2) is 0 Å². The van der Waals surface area contributed by atoms with Crippen LogP contribution in [0.4, 0.5) is 11.5 Å². The highest BCUT2D eigenvalue weighted by Crippen LogP contribution is 2.22. The molecule has 0 spiro atoms. The van der Waals surface area contributed by atoms with Gasteiger partial charge in [-0.25, -0.2) is 4.98 Å². The van der Waals surface area contributed by atoms with E-state index in [1.54, 1.807) is 0 Å². The van der Waals surface area contributed by atoms with Crippen molar-refractivity contribution in [2.45, 2.75) is 12.5 Å². The van der Waals surface area contributed by atoms with Crippen LogP contribution in [-0.2, 0) is 4.79 Å². The summed E-state index contributed by atoms with van der Waals surface area (Å²) in [5, 5.41) is 16.2. The fourth-order valence-electron chi connectivity index (χ4n) is 1.56. The van der Waals surface area contributed by atoms with Crippen LogP contribution in [0.25, 0.3) is 0 Å². The number of rotatable bonds is 3. The molecule has 1 amide bonds. The lowest BCUT2D eigenvalue weighted by molar-refractivity contribution is -0.384. The zero-order valence-corrected chi connectivity index (χ0v) is 8.34. The second kappa shape index (κ2) is 4.13. The molecule has 0 saturated carbocycles. The van der Waals surface area contributed by atoms with Crippen LogP contribution in [0.3, 0.4) is 0 Å². The van der Waals surface area contributed by atoms with Gasteiger partial charge in [-0.15, -0.1) is 0 Å². The molecule has 1 fully saturated rings. The number of anilines is 1. The highest BCUT2D eigenvalue weighted by molar-refractivity contribution is 5.79. The number of nitrogens with one attached hydrogen (secondary N) is 2. The second-order valence-corrected chi connectivity index (χ2v) is 3.48. The monoisotopic (exact) mass is 222 g/mol. The van der Waals surface area contributed by atoms with Crippen LogP contribution < -0.4 is 10.6 Å². The molecule has 1 aromatic heterocycles. The zero-order chi connectivity index (χ0) is 11.5. The third kappa shape index (κ3) is 2.08. The van der Waals surface area contributed by atoms with E-state index in [0.717, 1.165) is 0 Å². The highest BCUT2D eigenvalue weighted by Gasteiger charge is 2.24. The highest BCUT2D eigenvalue weighted by atomic mass is 16.6. The van der Waals surface area contributed by atoms with Gasteiger partial charge >= 0.3 is 5.69 Å². The molecule has 84 valence electrons. The first-order valence-corrected chi connectivity index (χ1v) is 4.79. The number of pyridine rings is 1. The number of carbonyl (C=O) groups is 1.